The lowest BCUT2D eigenvalue weighted by molar-refractivity contribution is -0.811. The van der Waals surface area contributed by atoms with Crippen LogP contribution in [-0.4, -0.2) is 49.8 Å². The van der Waals surface area contributed by atoms with Crippen LogP contribution in [0.15, 0.2) is 12.7 Å². The smallest absolute Gasteiger partial charge is 0.337 e. The Bertz CT molecular complexity index is 332. The van der Waals surface area contributed by atoms with Gasteiger partial charge in [0.25, 0.3) is 0 Å². The van der Waals surface area contributed by atoms with Gasteiger partial charge in [-0.15, -0.1) is 0 Å². The molecule has 0 fully saturated rings. The quantitative estimate of drug-likeness (QED) is 0.283. The fourth-order valence-corrected chi connectivity index (χ4v) is 1.70. The van der Waals surface area contributed by atoms with Gasteiger partial charge in [-0.05, 0) is 12.8 Å². The largest absolute Gasteiger partial charge is 0.748 e. The van der Waals surface area contributed by atoms with Crippen LogP contribution in [0.1, 0.15) is 12.8 Å². The Kier molecular flexibility index (Phi) is 5.13. The predicted molar refractivity (Wildman–Crippen MR) is 56.0 cm³/mol. The van der Waals surface area contributed by atoms with E-state index in [4.69, 9.17) is 0 Å². The number of amides is 1. The highest BCUT2D eigenvalue weighted by Gasteiger charge is 2.22. The number of carbonyl (C=O) groups excluding carboxylic acids is 1. The summed E-state index contributed by atoms with van der Waals surface area (Å²) in [5, 5.41) is 0. The molecule has 0 aromatic heterocycles. The summed E-state index contributed by atoms with van der Waals surface area (Å²) in [6, 6.07) is 0. The lowest BCUT2D eigenvalue weighted by Crippen LogP contribution is -2.45. The van der Waals surface area contributed by atoms with E-state index >= 15 is 0 Å². The zero-order chi connectivity index (χ0) is 12.1. The Morgan fingerprint density at radius 3 is 2.33 bits per heavy atom. The molecular weight excluding hydrogens is 218 g/mol. The molecule has 0 aliphatic carbocycles. The summed E-state index contributed by atoms with van der Waals surface area (Å²) < 4.78 is 31.0. The van der Waals surface area contributed by atoms with Gasteiger partial charge < -0.3 is 4.55 Å². The van der Waals surface area contributed by atoms with Crippen molar-refractivity contribution < 1.29 is 22.2 Å². The molecule has 0 bridgehead atoms. The summed E-state index contributed by atoms with van der Waals surface area (Å²) in [6.07, 6.45) is 2.05. The van der Waals surface area contributed by atoms with Gasteiger partial charge in [0.1, 0.15) is 0 Å². The normalized spacial score (nSPS) is 12.5. The number of likely N-dealkylation sites (N-methyl/N-ethyl adjacent to an activating group) is 1. The second-order valence-corrected chi connectivity index (χ2v) is 5.44. The molecule has 88 valence electrons. The molecular formula is C9H17NO4S. The highest BCUT2D eigenvalue weighted by atomic mass is 32.2. The first-order valence-electron chi connectivity index (χ1n) is 4.62. The van der Waals surface area contributed by atoms with E-state index < -0.39 is 10.1 Å². The van der Waals surface area contributed by atoms with Gasteiger partial charge in [0.05, 0.1) is 30.8 Å². The van der Waals surface area contributed by atoms with Gasteiger partial charge in [-0.25, -0.2) is 13.2 Å². The molecule has 0 rings (SSSR count). The third-order valence-electron chi connectivity index (χ3n) is 2.13. The molecule has 6 heteroatoms. The van der Waals surface area contributed by atoms with Crippen LogP contribution in [0.4, 0.5) is 0 Å². The van der Waals surface area contributed by atoms with Gasteiger partial charge in [-0.1, -0.05) is 6.58 Å². The lowest BCUT2D eigenvalue weighted by atomic mass is 10.3. The maximum atomic E-state index is 11.3. The molecule has 0 aliphatic heterocycles. The second kappa shape index (κ2) is 5.39. The molecule has 0 heterocycles. The molecule has 5 nitrogen and oxygen atoms in total. The van der Waals surface area contributed by atoms with E-state index in [2.05, 4.69) is 6.58 Å². The second-order valence-electron chi connectivity index (χ2n) is 3.92. The van der Waals surface area contributed by atoms with Gasteiger partial charge >= 0.3 is 5.91 Å². The summed E-state index contributed by atoms with van der Waals surface area (Å²) in [6.45, 7) is 3.88. The number of nitrogens with zero attached hydrogens (tertiary/aromatic N) is 1. The van der Waals surface area contributed by atoms with Gasteiger partial charge in [-0.3, -0.25) is 4.48 Å². The van der Waals surface area contributed by atoms with E-state index in [1.54, 1.807) is 14.1 Å². The first kappa shape index (κ1) is 14.3. The van der Waals surface area contributed by atoms with Crippen molar-refractivity contribution in [3.63, 3.8) is 0 Å². The SMILES string of the molecule is C=CC(=O)[N+](C)(C)CCCCS(=O)(=O)[O-]. The van der Waals surface area contributed by atoms with E-state index in [1.165, 1.54) is 6.08 Å². The van der Waals surface area contributed by atoms with Crippen molar-refractivity contribution >= 4 is 16.0 Å². The molecule has 0 saturated heterocycles. The van der Waals surface area contributed by atoms with E-state index in [9.17, 15) is 17.8 Å². The zero-order valence-electron chi connectivity index (χ0n) is 9.10. The van der Waals surface area contributed by atoms with Crippen LogP contribution in [0.3, 0.4) is 0 Å². The van der Waals surface area contributed by atoms with Crippen LogP contribution in [0, 0.1) is 0 Å². The molecule has 0 aromatic carbocycles. The number of carbonyl (C=O) groups is 1. The fourth-order valence-electron chi connectivity index (χ4n) is 1.14. The van der Waals surface area contributed by atoms with Crippen LogP contribution in [0.2, 0.25) is 0 Å². The minimum absolute atomic E-state index is 0.125. The maximum Gasteiger partial charge on any atom is 0.337 e. The number of hydrogen-bond donors (Lipinski definition) is 0. The third kappa shape index (κ3) is 6.38. The summed E-state index contributed by atoms with van der Waals surface area (Å²) in [4.78, 5) is 11.3. The highest BCUT2D eigenvalue weighted by Crippen LogP contribution is 2.04. The van der Waals surface area contributed by atoms with Gasteiger partial charge in [0, 0.05) is 11.8 Å². The Balaban J connectivity index is 3.96. The first-order valence-corrected chi connectivity index (χ1v) is 6.20. The minimum Gasteiger partial charge on any atom is -0.748 e. The number of rotatable bonds is 6. The van der Waals surface area contributed by atoms with Gasteiger partial charge in [-0.2, -0.15) is 0 Å². The van der Waals surface area contributed by atoms with Crippen molar-refractivity contribution in [2.24, 2.45) is 0 Å². The van der Waals surface area contributed by atoms with E-state index in [-0.39, 0.29) is 22.6 Å². The summed E-state index contributed by atoms with van der Waals surface area (Å²) in [5.41, 5.74) is 0. The number of hydrogen-bond acceptors (Lipinski definition) is 4. The molecule has 0 unspecified atom stereocenters. The average Bonchev–Trinajstić information content (AvgIpc) is 2.09. The van der Waals surface area contributed by atoms with Crippen LogP contribution >= 0.6 is 0 Å². The van der Waals surface area contributed by atoms with Crippen LogP contribution in [0.5, 0.6) is 0 Å². The van der Waals surface area contributed by atoms with Crippen molar-refractivity contribution in [2.75, 3.05) is 26.4 Å². The number of quaternary nitrogens is 1. The Morgan fingerprint density at radius 1 is 1.40 bits per heavy atom. The van der Waals surface area contributed by atoms with Crippen molar-refractivity contribution in [1.29, 1.82) is 0 Å². The van der Waals surface area contributed by atoms with Gasteiger partial charge in [0.2, 0.25) is 0 Å². The molecule has 0 saturated carbocycles. The fraction of sp³-hybridized carbons (Fsp3) is 0.667. The van der Waals surface area contributed by atoms with Crippen molar-refractivity contribution in [3.05, 3.63) is 12.7 Å². The topological polar surface area (TPSA) is 74.3 Å². The minimum atomic E-state index is -4.13. The molecule has 0 radical (unpaired) electrons. The van der Waals surface area contributed by atoms with E-state index in [0.717, 1.165) is 0 Å². The predicted octanol–water partition coefficient (Wildman–Crippen LogP) is 0.101. The zero-order valence-corrected chi connectivity index (χ0v) is 9.92. The van der Waals surface area contributed by atoms with Gasteiger partial charge in [0.15, 0.2) is 0 Å². The van der Waals surface area contributed by atoms with Crippen molar-refractivity contribution in [1.82, 2.24) is 0 Å². The van der Waals surface area contributed by atoms with Crippen molar-refractivity contribution in [2.45, 2.75) is 12.8 Å². The summed E-state index contributed by atoms with van der Waals surface area (Å²) >= 11 is 0. The Hall–Kier alpha value is -0.720. The molecule has 0 N–H and O–H groups in total. The monoisotopic (exact) mass is 235 g/mol. The van der Waals surface area contributed by atoms with Crippen LogP contribution < -0.4 is 0 Å². The molecule has 0 aromatic rings. The molecule has 15 heavy (non-hydrogen) atoms. The Morgan fingerprint density at radius 2 is 1.93 bits per heavy atom. The lowest BCUT2D eigenvalue weighted by Gasteiger charge is -2.25. The number of unbranched alkanes of at least 4 members (excludes halogenated alkanes) is 1. The average molecular weight is 235 g/mol. The Labute approximate surface area is 90.7 Å². The molecule has 0 aliphatic rings. The van der Waals surface area contributed by atoms with Crippen LogP contribution in [-0.2, 0) is 14.9 Å². The van der Waals surface area contributed by atoms with E-state index in [0.29, 0.717) is 13.0 Å². The summed E-state index contributed by atoms with van der Waals surface area (Å²) in [5.74, 6) is -0.491. The first-order chi connectivity index (χ1) is 6.69. The van der Waals surface area contributed by atoms with Crippen LogP contribution in [0.25, 0.3) is 0 Å². The summed E-state index contributed by atoms with van der Waals surface area (Å²) in [7, 11) is -0.694. The molecule has 0 spiro atoms. The highest BCUT2D eigenvalue weighted by molar-refractivity contribution is 7.85. The molecule has 0 atom stereocenters. The standard InChI is InChI=1S/C9H17NO4S/c1-4-9(11)10(2,3)7-5-6-8-15(12,13)14/h4H,1,5-8H2,2-3H3. The third-order valence-corrected chi connectivity index (χ3v) is 2.92. The van der Waals surface area contributed by atoms with E-state index in [1.807, 2.05) is 0 Å². The maximum absolute atomic E-state index is 11.3. The van der Waals surface area contributed by atoms with Crippen molar-refractivity contribution in [3.8, 4) is 0 Å². The molecule has 1 amide bonds.